The molecule has 0 saturated carbocycles. The first-order valence-corrected chi connectivity index (χ1v) is 9.21. The number of benzene rings is 2. The molecule has 2 aromatic carbocycles. The molecule has 0 radical (unpaired) electrons. The molecule has 2 heterocycles. The van der Waals surface area contributed by atoms with E-state index in [1.807, 2.05) is 53.4 Å². The molecule has 1 amide bonds. The van der Waals surface area contributed by atoms with Gasteiger partial charge in [0.1, 0.15) is 18.5 Å². The molecule has 1 saturated heterocycles. The minimum atomic E-state index is -0.342. The highest BCUT2D eigenvalue weighted by atomic mass is 16.5. The van der Waals surface area contributed by atoms with Gasteiger partial charge >= 0.3 is 0 Å². The van der Waals surface area contributed by atoms with E-state index < -0.39 is 0 Å². The lowest BCUT2D eigenvalue weighted by Gasteiger charge is -2.39. The van der Waals surface area contributed by atoms with E-state index in [4.69, 9.17) is 15.9 Å². The van der Waals surface area contributed by atoms with Crippen LogP contribution in [0.4, 0.5) is 5.69 Å². The van der Waals surface area contributed by atoms with Crippen LogP contribution in [0.15, 0.2) is 48.5 Å². The number of para-hydroxylation sites is 2. The summed E-state index contributed by atoms with van der Waals surface area (Å²) in [5.74, 6) is 3.17. The number of ether oxygens (including phenoxy) is 2. The molecule has 2 aliphatic rings. The van der Waals surface area contributed by atoms with Crippen LogP contribution in [0.3, 0.4) is 0 Å². The molecule has 4 rings (SSSR count). The molecular weight excluding hydrogens is 340 g/mol. The Kier molecular flexibility index (Phi) is 4.99. The van der Waals surface area contributed by atoms with E-state index in [1.54, 1.807) is 0 Å². The van der Waals surface area contributed by atoms with Crippen LogP contribution in [0.1, 0.15) is 34.9 Å². The zero-order chi connectivity index (χ0) is 18.6. The number of carbonyl (C=O) groups is 1. The zero-order valence-corrected chi connectivity index (χ0v) is 15.1. The Morgan fingerprint density at radius 2 is 2.04 bits per heavy atom. The van der Waals surface area contributed by atoms with Crippen molar-refractivity contribution >= 4 is 11.6 Å². The number of anilines is 1. The smallest absolute Gasteiger partial charge is 0.257 e. The second kappa shape index (κ2) is 7.73. The normalized spacial score (nSPS) is 21.3. The molecule has 2 aromatic rings. The molecule has 0 spiro atoms. The Hall–Kier alpha value is -2.97. The van der Waals surface area contributed by atoms with Gasteiger partial charge in [0.15, 0.2) is 0 Å². The third kappa shape index (κ3) is 3.49. The topological polar surface area (TPSA) is 50.8 Å². The first kappa shape index (κ1) is 17.4. The van der Waals surface area contributed by atoms with Gasteiger partial charge in [0.05, 0.1) is 11.7 Å². The third-order valence-corrected chi connectivity index (χ3v) is 4.97. The second-order valence-corrected chi connectivity index (χ2v) is 6.72. The molecule has 5 nitrogen and oxygen atoms in total. The van der Waals surface area contributed by atoms with E-state index in [0.29, 0.717) is 17.9 Å². The van der Waals surface area contributed by atoms with Gasteiger partial charge in [0.2, 0.25) is 0 Å². The lowest BCUT2D eigenvalue weighted by atomic mass is 10.0. The Morgan fingerprint density at radius 1 is 1.22 bits per heavy atom. The number of hydrogen-bond donors (Lipinski definition) is 1. The summed E-state index contributed by atoms with van der Waals surface area (Å²) in [6.45, 7) is 1.47. The Bertz CT molecular complexity index is 868. The van der Waals surface area contributed by atoms with E-state index in [-0.39, 0.29) is 24.8 Å². The highest BCUT2D eigenvalue weighted by molar-refractivity contribution is 6.01. The summed E-state index contributed by atoms with van der Waals surface area (Å²) in [6, 6.07) is 15.3. The molecule has 0 aliphatic carbocycles. The van der Waals surface area contributed by atoms with Gasteiger partial charge < -0.3 is 19.7 Å². The van der Waals surface area contributed by atoms with Gasteiger partial charge in [0, 0.05) is 24.4 Å². The van der Waals surface area contributed by atoms with Crippen LogP contribution in [0, 0.1) is 12.3 Å². The molecule has 0 unspecified atom stereocenters. The number of nitrogens with one attached hydrogen (secondary N) is 1. The zero-order valence-electron chi connectivity index (χ0n) is 15.1. The Labute approximate surface area is 159 Å². The molecule has 2 atom stereocenters. The van der Waals surface area contributed by atoms with E-state index >= 15 is 0 Å². The maximum atomic E-state index is 13.3. The van der Waals surface area contributed by atoms with Gasteiger partial charge in [-0.15, -0.1) is 6.42 Å². The fourth-order valence-corrected chi connectivity index (χ4v) is 3.69. The third-order valence-electron chi connectivity index (χ3n) is 4.97. The number of nitrogens with zero attached hydrogens (tertiary/aromatic N) is 1. The van der Waals surface area contributed by atoms with Crippen molar-refractivity contribution < 1.29 is 14.3 Å². The summed E-state index contributed by atoms with van der Waals surface area (Å²) in [5.41, 5.74) is 2.38. The van der Waals surface area contributed by atoms with Crippen LogP contribution >= 0.6 is 0 Å². The number of carbonyl (C=O) groups excluding carboxylic acids is 1. The summed E-state index contributed by atoms with van der Waals surface area (Å²) >= 11 is 0. The first-order chi connectivity index (χ1) is 13.3. The number of terminal acetylenes is 1. The highest BCUT2D eigenvalue weighted by Crippen LogP contribution is 2.37. The standard InChI is InChI=1S/C22H22N2O3/c1-2-13-27-20-12-6-4-10-18(20)21-23-19-11-5-3-9-17(19)22(25)24(21)15-16-8-7-14-26-16/h1,3-6,9-12,16,21,23H,7-8,13-15H2/t16-,21-/m1/s1. The number of rotatable bonds is 5. The average molecular weight is 362 g/mol. The van der Waals surface area contributed by atoms with Crippen LogP contribution in [0.5, 0.6) is 5.75 Å². The fraction of sp³-hybridized carbons (Fsp3) is 0.318. The van der Waals surface area contributed by atoms with Gasteiger partial charge in [-0.2, -0.15) is 0 Å². The van der Waals surface area contributed by atoms with Gasteiger partial charge in [-0.25, -0.2) is 0 Å². The molecule has 0 aromatic heterocycles. The molecule has 0 bridgehead atoms. The van der Waals surface area contributed by atoms with Crippen molar-refractivity contribution in [1.82, 2.24) is 4.90 Å². The lowest BCUT2D eigenvalue weighted by Crippen LogP contribution is -2.46. The van der Waals surface area contributed by atoms with Crippen LogP contribution in [0.25, 0.3) is 0 Å². The van der Waals surface area contributed by atoms with Crippen molar-refractivity contribution in [2.45, 2.75) is 25.1 Å². The minimum absolute atomic E-state index is 0.00315. The minimum Gasteiger partial charge on any atom is -0.481 e. The van der Waals surface area contributed by atoms with Crippen LogP contribution < -0.4 is 10.1 Å². The quantitative estimate of drug-likeness (QED) is 0.828. The summed E-state index contributed by atoms with van der Waals surface area (Å²) in [7, 11) is 0. The predicted octanol–water partition coefficient (Wildman–Crippen LogP) is 3.44. The molecule has 1 fully saturated rings. The van der Waals surface area contributed by atoms with Crippen molar-refractivity contribution in [2.24, 2.45) is 0 Å². The van der Waals surface area contributed by atoms with Gasteiger partial charge in [-0.1, -0.05) is 36.3 Å². The summed E-state index contributed by atoms with van der Waals surface area (Å²) in [4.78, 5) is 15.1. The monoisotopic (exact) mass is 362 g/mol. The first-order valence-electron chi connectivity index (χ1n) is 9.21. The molecular formula is C22H22N2O3. The van der Waals surface area contributed by atoms with Crippen molar-refractivity contribution in [2.75, 3.05) is 25.1 Å². The number of hydrogen-bond acceptors (Lipinski definition) is 4. The molecule has 2 aliphatic heterocycles. The lowest BCUT2D eigenvalue weighted by molar-refractivity contribution is 0.0424. The van der Waals surface area contributed by atoms with Crippen LogP contribution in [-0.4, -0.2) is 36.7 Å². The van der Waals surface area contributed by atoms with Crippen molar-refractivity contribution in [3.05, 3.63) is 59.7 Å². The van der Waals surface area contributed by atoms with Crippen LogP contribution in [0.2, 0.25) is 0 Å². The van der Waals surface area contributed by atoms with E-state index in [0.717, 1.165) is 30.7 Å². The average Bonchev–Trinajstić information content (AvgIpc) is 3.22. The van der Waals surface area contributed by atoms with Crippen molar-refractivity contribution in [1.29, 1.82) is 0 Å². The predicted molar refractivity (Wildman–Crippen MR) is 104 cm³/mol. The van der Waals surface area contributed by atoms with E-state index in [1.165, 1.54) is 0 Å². The highest BCUT2D eigenvalue weighted by Gasteiger charge is 2.36. The van der Waals surface area contributed by atoms with Gasteiger partial charge in [-0.05, 0) is 31.0 Å². The number of amides is 1. The van der Waals surface area contributed by atoms with Crippen molar-refractivity contribution in [3.8, 4) is 18.1 Å². The summed E-state index contributed by atoms with van der Waals surface area (Å²) < 4.78 is 11.5. The summed E-state index contributed by atoms with van der Waals surface area (Å²) in [6.07, 6.45) is 7.07. The Balaban J connectivity index is 1.72. The van der Waals surface area contributed by atoms with E-state index in [9.17, 15) is 4.79 Å². The van der Waals surface area contributed by atoms with Crippen molar-refractivity contribution in [3.63, 3.8) is 0 Å². The number of fused-ring (bicyclic) bond motifs is 1. The molecule has 1 N–H and O–H groups in total. The maximum absolute atomic E-state index is 13.3. The SMILES string of the molecule is C#CCOc1ccccc1[C@@H]1Nc2ccccc2C(=O)N1C[C@H]1CCCO1. The van der Waals surface area contributed by atoms with Gasteiger partial charge in [0.25, 0.3) is 5.91 Å². The Morgan fingerprint density at radius 3 is 2.85 bits per heavy atom. The molecule has 27 heavy (non-hydrogen) atoms. The van der Waals surface area contributed by atoms with Gasteiger partial charge in [-0.3, -0.25) is 4.79 Å². The van der Waals surface area contributed by atoms with Crippen LogP contribution in [-0.2, 0) is 4.74 Å². The molecule has 138 valence electrons. The largest absolute Gasteiger partial charge is 0.481 e. The van der Waals surface area contributed by atoms with E-state index in [2.05, 4.69) is 11.2 Å². The fourth-order valence-electron chi connectivity index (χ4n) is 3.69. The summed E-state index contributed by atoms with van der Waals surface area (Å²) in [5, 5.41) is 3.50. The second-order valence-electron chi connectivity index (χ2n) is 6.72. The maximum Gasteiger partial charge on any atom is 0.257 e. The molecule has 5 heteroatoms.